The first-order chi connectivity index (χ1) is 18.8. The number of hydrogen-bond acceptors (Lipinski definition) is 8. The summed E-state index contributed by atoms with van der Waals surface area (Å²) < 4.78 is 12.8. The Hall–Kier alpha value is -3.31. The van der Waals surface area contributed by atoms with Crippen LogP contribution in [-0.2, 0) is 16.1 Å². The molecule has 2 aromatic heterocycles. The molecule has 0 saturated heterocycles. The lowest BCUT2D eigenvalue weighted by Gasteiger charge is -2.16. The summed E-state index contributed by atoms with van der Waals surface area (Å²) >= 11 is 14.7. The molecule has 0 aliphatic carbocycles. The van der Waals surface area contributed by atoms with E-state index in [1.807, 2.05) is 47.2 Å². The van der Waals surface area contributed by atoms with E-state index in [2.05, 4.69) is 22.1 Å². The number of nitrogens with one attached hydrogen (secondary N) is 1. The second kappa shape index (κ2) is 13.2. The molecule has 2 heterocycles. The molecule has 0 fully saturated rings. The number of thioether (sulfide) groups is 1. The standard InChI is InChI=1S/C27H24Cl2N4O4S2/c1-4-12-33-24(16(2)37-21-11-10-18(28)13-20(21)29)31-32-27(33)39-15-22(34)30-25-23(26(35)36-3)19(14-38-25)17-8-6-5-7-9-17/h4-11,13-14,16H,1,12,15H2,2-3H3,(H,30,34). The van der Waals surface area contributed by atoms with E-state index in [1.165, 1.54) is 30.2 Å². The highest BCUT2D eigenvalue weighted by Crippen LogP contribution is 2.36. The lowest BCUT2D eigenvalue weighted by Crippen LogP contribution is -2.17. The van der Waals surface area contributed by atoms with Crippen molar-refractivity contribution in [3.63, 3.8) is 0 Å². The van der Waals surface area contributed by atoms with Crippen molar-refractivity contribution in [3.8, 4) is 16.9 Å². The summed E-state index contributed by atoms with van der Waals surface area (Å²) in [7, 11) is 1.31. The van der Waals surface area contributed by atoms with Crippen LogP contribution in [0.2, 0.25) is 10.0 Å². The van der Waals surface area contributed by atoms with E-state index in [-0.39, 0.29) is 11.7 Å². The predicted molar refractivity (Wildman–Crippen MR) is 156 cm³/mol. The van der Waals surface area contributed by atoms with Crippen molar-refractivity contribution in [2.45, 2.75) is 24.7 Å². The van der Waals surface area contributed by atoms with Crippen LogP contribution < -0.4 is 10.1 Å². The van der Waals surface area contributed by atoms with Crippen LogP contribution >= 0.6 is 46.3 Å². The van der Waals surface area contributed by atoms with Crippen LogP contribution in [0.4, 0.5) is 5.00 Å². The number of rotatable bonds is 11. The molecule has 4 rings (SSSR count). The van der Waals surface area contributed by atoms with Gasteiger partial charge in [-0.1, -0.05) is 71.4 Å². The van der Waals surface area contributed by atoms with Crippen molar-refractivity contribution in [3.05, 3.63) is 88.0 Å². The molecule has 0 radical (unpaired) electrons. The number of benzene rings is 2. The van der Waals surface area contributed by atoms with Crippen molar-refractivity contribution in [1.82, 2.24) is 14.8 Å². The number of carbonyl (C=O) groups excluding carboxylic acids is 2. The number of ether oxygens (including phenoxy) is 2. The minimum Gasteiger partial charge on any atom is -0.481 e. The summed E-state index contributed by atoms with van der Waals surface area (Å²) in [6, 6.07) is 14.4. The molecule has 1 unspecified atom stereocenters. The van der Waals surface area contributed by atoms with Crippen LogP contribution in [0.3, 0.4) is 0 Å². The molecule has 39 heavy (non-hydrogen) atoms. The van der Waals surface area contributed by atoms with Crippen LogP contribution in [0.15, 0.2) is 71.7 Å². The van der Waals surface area contributed by atoms with Crippen LogP contribution in [0.25, 0.3) is 11.1 Å². The zero-order chi connectivity index (χ0) is 27.9. The summed E-state index contributed by atoms with van der Waals surface area (Å²) in [6.07, 6.45) is 1.21. The average Bonchev–Trinajstić information content (AvgIpc) is 3.53. The Morgan fingerprint density at radius 3 is 2.67 bits per heavy atom. The highest BCUT2D eigenvalue weighted by atomic mass is 35.5. The zero-order valence-electron chi connectivity index (χ0n) is 21.0. The number of hydrogen-bond donors (Lipinski definition) is 1. The molecule has 8 nitrogen and oxygen atoms in total. The van der Waals surface area contributed by atoms with Gasteiger partial charge in [-0.3, -0.25) is 9.36 Å². The van der Waals surface area contributed by atoms with Crippen LogP contribution in [-0.4, -0.2) is 39.5 Å². The highest BCUT2D eigenvalue weighted by Gasteiger charge is 2.24. The van der Waals surface area contributed by atoms with E-state index in [9.17, 15) is 9.59 Å². The molecule has 0 bridgehead atoms. The van der Waals surface area contributed by atoms with Gasteiger partial charge in [0, 0.05) is 22.5 Å². The van der Waals surface area contributed by atoms with Crippen LogP contribution in [0, 0.1) is 0 Å². The van der Waals surface area contributed by atoms with Gasteiger partial charge in [0.2, 0.25) is 5.91 Å². The molecule has 1 amide bonds. The number of esters is 1. The van der Waals surface area contributed by atoms with Crippen LogP contribution in [0.5, 0.6) is 5.75 Å². The minimum absolute atomic E-state index is 0.0344. The zero-order valence-corrected chi connectivity index (χ0v) is 24.2. The number of carbonyl (C=O) groups is 2. The second-order valence-electron chi connectivity index (χ2n) is 8.12. The van der Waals surface area contributed by atoms with Crippen molar-refractivity contribution in [1.29, 1.82) is 0 Å². The van der Waals surface area contributed by atoms with E-state index in [4.69, 9.17) is 32.7 Å². The van der Waals surface area contributed by atoms with E-state index >= 15 is 0 Å². The topological polar surface area (TPSA) is 95.3 Å². The Morgan fingerprint density at radius 2 is 1.97 bits per heavy atom. The second-order valence-corrected chi connectivity index (χ2v) is 10.8. The van der Waals surface area contributed by atoms with Crippen molar-refractivity contribution < 1.29 is 19.1 Å². The SMILES string of the molecule is C=CCn1c(SCC(=O)Nc2scc(-c3ccccc3)c2C(=O)OC)nnc1C(C)Oc1ccc(Cl)cc1Cl. The molecular formula is C27H24Cl2N4O4S2. The monoisotopic (exact) mass is 602 g/mol. The Labute approximate surface area is 243 Å². The largest absolute Gasteiger partial charge is 0.481 e. The molecule has 12 heteroatoms. The molecule has 1 N–H and O–H groups in total. The molecule has 0 aliphatic heterocycles. The number of methoxy groups -OCH3 is 1. The first kappa shape index (κ1) is 28.7. The number of halogens is 2. The van der Waals surface area contributed by atoms with Gasteiger partial charge in [-0.25, -0.2) is 4.79 Å². The van der Waals surface area contributed by atoms with Crippen molar-refractivity contribution >= 4 is 63.2 Å². The fourth-order valence-corrected chi connectivity index (χ4v) is 5.88. The lowest BCUT2D eigenvalue weighted by atomic mass is 10.0. The number of aromatic nitrogens is 3. The maximum absolute atomic E-state index is 12.9. The Morgan fingerprint density at radius 1 is 1.21 bits per heavy atom. The summed E-state index contributed by atoms with van der Waals surface area (Å²) in [5, 5.41) is 15.0. The van der Waals surface area contributed by atoms with E-state index in [0.717, 1.165) is 5.56 Å². The molecule has 2 aromatic carbocycles. The first-order valence-electron chi connectivity index (χ1n) is 11.7. The Kier molecular flexibility index (Phi) is 9.68. The van der Waals surface area contributed by atoms with Gasteiger partial charge in [0.1, 0.15) is 16.3 Å². The van der Waals surface area contributed by atoms with Gasteiger partial charge in [0.05, 0.1) is 17.9 Å². The van der Waals surface area contributed by atoms with Gasteiger partial charge in [0.25, 0.3) is 0 Å². The fourth-order valence-electron chi connectivity index (χ4n) is 3.70. The summed E-state index contributed by atoms with van der Waals surface area (Å²) in [5.74, 6) is 0.207. The quantitative estimate of drug-likeness (QED) is 0.110. The minimum atomic E-state index is -0.525. The first-order valence-corrected chi connectivity index (χ1v) is 14.3. The van der Waals surface area contributed by atoms with E-state index < -0.39 is 12.1 Å². The van der Waals surface area contributed by atoms with Gasteiger partial charge in [-0.2, -0.15) is 0 Å². The normalized spacial score (nSPS) is 11.6. The fraction of sp³-hybridized carbons (Fsp3) is 0.185. The van der Waals surface area contributed by atoms with E-state index in [0.29, 0.717) is 49.4 Å². The molecule has 0 saturated carbocycles. The van der Waals surface area contributed by atoms with Gasteiger partial charge < -0.3 is 14.8 Å². The summed E-state index contributed by atoms with van der Waals surface area (Å²) in [5.41, 5.74) is 1.86. The van der Waals surface area contributed by atoms with Crippen LogP contribution in [0.1, 0.15) is 29.2 Å². The van der Waals surface area contributed by atoms with Gasteiger partial charge >= 0.3 is 5.97 Å². The Bertz CT molecular complexity index is 1490. The highest BCUT2D eigenvalue weighted by molar-refractivity contribution is 7.99. The smallest absolute Gasteiger partial charge is 0.341 e. The number of amides is 1. The Balaban J connectivity index is 1.47. The predicted octanol–water partition coefficient (Wildman–Crippen LogP) is 7.16. The third kappa shape index (κ3) is 6.83. The number of thiophene rings is 1. The summed E-state index contributed by atoms with van der Waals surface area (Å²) in [6.45, 7) is 6.05. The van der Waals surface area contributed by atoms with Gasteiger partial charge in [-0.15, -0.1) is 28.1 Å². The third-order valence-electron chi connectivity index (χ3n) is 5.47. The molecule has 0 aliphatic rings. The maximum atomic E-state index is 12.9. The number of nitrogens with zero attached hydrogens (tertiary/aromatic N) is 3. The van der Waals surface area contributed by atoms with E-state index in [1.54, 1.807) is 24.3 Å². The third-order valence-corrected chi connectivity index (χ3v) is 7.86. The molecule has 4 aromatic rings. The maximum Gasteiger partial charge on any atom is 0.341 e. The van der Waals surface area contributed by atoms with Gasteiger partial charge in [-0.05, 0) is 30.7 Å². The van der Waals surface area contributed by atoms with Gasteiger partial charge in [0.15, 0.2) is 17.1 Å². The molecular weight excluding hydrogens is 579 g/mol. The summed E-state index contributed by atoms with van der Waals surface area (Å²) in [4.78, 5) is 25.5. The lowest BCUT2D eigenvalue weighted by molar-refractivity contribution is -0.113. The molecule has 1 atom stereocenters. The number of anilines is 1. The molecule has 202 valence electrons. The number of allylic oxidation sites excluding steroid dienone is 1. The average molecular weight is 604 g/mol. The van der Waals surface area contributed by atoms with Crippen molar-refractivity contribution in [2.24, 2.45) is 0 Å². The van der Waals surface area contributed by atoms with Crippen molar-refractivity contribution in [2.75, 3.05) is 18.2 Å². The molecule has 0 spiro atoms.